The van der Waals surface area contributed by atoms with E-state index in [0.29, 0.717) is 16.1 Å². The van der Waals surface area contributed by atoms with Crippen LogP contribution in [0.3, 0.4) is 0 Å². The Bertz CT molecular complexity index is 1150. The summed E-state index contributed by atoms with van der Waals surface area (Å²) in [6.45, 7) is 3.82. The maximum atomic E-state index is 12.6. The predicted molar refractivity (Wildman–Crippen MR) is 122 cm³/mol. The molecule has 1 atom stereocenters. The number of benzene rings is 2. The molecule has 0 aliphatic carbocycles. The predicted octanol–water partition coefficient (Wildman–Crippen LogP) is 4.21. The molecule has 2 aromatic heterocycles. The summed E-state index contributed by atoms with van der Waals surface area (Å²) in [4.78, 5) is 17.1. The van der Waals surface area contributed by atoms with E-state index in [-0.39, 0.29) is 5.91 Å². The van der Waals surface area contributed by atoms with Crippen molar-refractivity contribution in [3.8, 4) is 22.6 Å². The number of amides is 1. The zero-order valence-electron chi connectivity index (χ0n) is 16.4. The average Bonchev–Trinajstić information content (AvgIpc) is 3.36. The lowest BCUT2D eigenvalue weighted by Gasteiger charge is -2.10. The molecule has 0 spiro atoms. The normalized spacial score (nSPS) is 11.9. The third-order valence-electron chi connectivity index (χ3n) is 4.43. The van der Waals surface area contributed by atoms with Crippen LogP contribution in [0.15, 0.2) is 65.1 Å². The number of nitrogen functional groups attached to an aromatic ring is 1. The zero-order valence-corrected chi connectivity index (χ0v) is 18.1. The van der Waals surface area contributed by atoms with E-state index in [9.17, 15) is 4.79 Å². The molecule has 2 heterocycles. The first kappa shape index (κ1) is 20.1. The molecular formula is C21H20N6OS2. The number of aryl methyl sites for hydroxylation is 1. The summed E-state index contributed by atoms with van der Waals surface area (Å²) in [5.74, 6) is 6.55. The van der Waals surface area contributed by atoms with E-state index in [4.69, 9.17) is 5.84 Å². The minimum atomic E-state index is -0.425. The number of carbonyl (C=O) groups is 1. The second-order valence-corrected chi connectivity index (χ2v) is 8.86. The van der Waals surface area contributed by atoms with Crippen LogP contribution in [0.2, 0.25) is 0 Å². The SMILES string of the molecule is Cc1ccc(-c2nnc(SC(C)C(=O)Nc3nc(-c4ccccc4)cs3)n2N)cc1. The van der Waals surface area contributed by atoms with E-state index < -0.39 is 5.25 Å². The lowest BCUT2D eigenvalue weighted by Crippen LogP contribution is -2.23. The Hall–Kier alpha value is -3.17. The molecule has 30 heavy (non-hydrogen) atoms. The molecule has 1 unspecified atom stereocenters. The van der Waals surface area contributed by atoms with Crippen molar-refractivity contribution in [1.82, 2.24) is 19.9 Å². The van der Waals surface area contributed by atoms with Gasteiger partial charge in [-0.05, 0) is 13.8 Å². The molecule has 7 nitrogen and oxygen atoms in total. The molecule has 1 amide bonds. The van der Waals surface area contributed by atoms with Crippen LogP contribution in [-0.2, 0) is 4.79 Å². The van der Waals surface area contributed by atoms with Crippen LogP contribution in [0.25, 0.3) is 22.6 Å². The van der Waals surface area contributed by atoms with E-state index in [0.717, 1.165) is 22.4 Å². The third-order valence-corrected chi connectivity index (χ3v) is 6.24. The number of carbonyl (C=O) groups excluding carboxylic acids is 1. The largest absolute Gasteiger partial charge is 0.335 e. The Morgan fingerprint density at radius 2 is 1.83 bits per heavy atom. The first-order valence-electron chi connectivity index (χ1n) is 9.27. The van der Waals surface area contributed by atoms with Crippen molar-refractivity contribution in [3.63, 3.8) is 0 Å². The first-order valence-corrected chi connectivity index (χ1v) is 11.0. The number of nitrogens with two attached hydrogens (primary N) is 1. The van der Waals surface area contributed by atoms with E-state index in [1.54, 1.807) is 6.92 Å². The molecular weight excluding hydrogens is 416 g/mol. The van der Waals surface area contributed by atoms with Gasteiger partial charge in [-0.1, -0.05) is 71.9 Å². The maximum Gasteiger partial charge on any atom is 0.239 e. The Morgan fingerprint density at radius 1 is 1.10 bits per heavy atom. The molecule has 152 valence electrons. The van der Waals surface area contributed by atoms with Gasteiger partial charge in [0.1, 0.15) is 0 Å². The van der Waals surface area contributed by atoms with Crippen molar-refractivity contribution in [1.29, 1.82) is 0 Å². The third kappa shape index (κ3) is 4.37. The lowest BCUT2D eigenvalue weighted by atomic mass is 10.1. The van der Waals surface area contributed by atoms with Crippen molar-refractivity contribution in [3.05, 3.63) is 65.5 Å². The van der Waals surface area contributed by atoms with Crippen LogP contribution in [0.4, 0.5) is 5.13 Å². The summed E-state index contributed by atoms with van der Waals surface area (Å²) < 4.78 is 1.41. The van der Waals surface area contributed by atoms with Crippen LogP contribution >= 0.6 is 23.1 Å². The average molecular weight is 437 g/mol. The van der Waals surface area contributed by atoms with Crippen molar-refractivity contribution in [2.24, 2.45) is 0 Å². The highest BCUT2D eigenvalue weighted by Gasteiger charge is 2.21. The highest BCUT2D eigenvalue weighted by atomic mass is 32.2. The quantitative estimate of drug-likeness (QED) is 0.347. The summed E-state index contributed by atoms with van der Waals surface area (Å²) in [7, 11) is 0. The molecule has 4 aromatic rings. The standard InChI is InChI=1S/C21H20N6OS2/c1-13-8-10-16(11-9-13)18-25-26-21(27(18)22)30-14(2)19(28)24-20-23-17(12-29-20)15-6-4-3-5-7-15/h3-12,14H,22H2,1-2H3,(H,23,24,28). The second-order valence-electron chi connectivity index (χ2n) is 6.70. The molecule has 9 heteroatoms. The van der Waals surface area contributed by atoms with E-state index >= 15 is 0 Å². The number of rotatable bonds is 6. The molecule has 3 N–H and O–H groups in total. The van der Waals surface area contributed by atoms with Crippen LogP contribution in [0.5, 0.6) is 0 Å². The molecule has 0 aliphatic rings. The van der Waals surface area contributed by atoms with Gasteiger partial charge in [0.25, 0.3) is 0 Å². The molecule has 0 aliphatic heterocycles. The van der Waals surface area contributed by atoms with E-state index in [2.05, 4.69) is 20.5 Å². The number of nitrogens with one attached hydrogen (secondary N) is 1. The fourth-order valence-electron chi connectivity index (χ4n) is 2.75. The van der Waals surface area contributed by atoms with Crippen LogP contribution < -0.4 is 11.2 Å². The van der Waals surface area contributed by atoms with Crippen LogP contribution in [0.1, 0.15) is 12.5 Å². The number of hydrogen-bond acceptors (Lipinski definition) is 7. The molecule has 2 aromatic carbocycles. The molecule has 4 rings (SSSR count). The molecule has 0 bridgehead atoms. The van der Waals surface area contributed by atoms with Crippen molar-refractivity contribution in [2.75, 3.05) is 11.2 Å². The summed E-state index contributed by atoms with van der Waals surface area (Å²) in [6, 6.07) is 17.7. The first-order chi connectivity index (χ1) is 14.5. The molecule has 0 fully saturated rings. The summed E-state index contributed by atoms with van der Waals surface area (Å²) in [6.07, 6.45) is 0. The Morgan fingerprint density at radius 3 is 2.57 bits per heavy atom. The van der Waals surface area contributed by atoms with E-state index in [1.165, 1.54) is 27.8 Å². The van der Waals surface area contributed by atoms with Crippen molar-refractivity contribution < 1.29 is 4.79 Å². The van der Waals surface area contributed by atoms with Gasteiger partial charge in [0, 0.05) is 16.5 Å². The molecule has 0 radical (unpaired) electrons. The fraction of sp³-hybridized carbons (Fsp3) is 0.143. The van der Waals surface area contributed by atoms with Gasteiger partial charge in [-0.25, -0.2) is 9.66 Å². The van der Waals surface area contributed by atoms with Crippen LogP contribution in [0, 0.1) is 6.92 Å². The smallest absolute Gasteiger partial charge is 0.239 e. The Kier molecular flexibility index (Phi) is 5.82. The monoisotopic (exact) mass is 436 g/mol. The van der Waals surface area contributed by atoms with Gasteiger partial charge >= 0.3 is 0 Å². The zero-order chi connectivity index (χ0) is 21.1. The topological polar surface area (TPSA) is 98.7 Å². The summed E-state index contributed by atoms with van der Waals surface area (Å²) >= 11 is 2.64. The summed E-state index contributed by atoms with van der Waals surface area (Å²) in [5.41, 5.74) is 3.87. The fourth-order valence-corrected chi connectivity index (χ4v) is 4.24. The minimum Gasteiger partial charge on any atom is -0.335 e. The highest BCUT2D eigenvalue weighted by molar-refractivity contribution is 8.00. The number of thioether (sulfide) groups is 1. The Balaban J connectivity index is 1.42. The summed E-state index contributed by atoms with van der Waals surface area (Å²) in [5, 5.41) is 13.7. The van der Waals surface area contributed by atoms with Gasteiger partial charge in [-0.15, -0.1) is 21.5 Å². The maximum absolute atomic E-state index is 12.6. The van der Waals surface area contributed by atoms with Gasteiger partial charge in [0.2, 0.25) is 11.1 Å². The van der Waals surface area contributed by atoms with Gasteiger partial charge < -0.3 is 11.2 Å². The van der Waals surface area contributed by atoms with Crippen molar-refractivity contribution >= 4 is 34.1 Å². The number of nitrogens with zero attached hydrogens (tertiary/aromatic N) is 4. The highest BCUT2D eigenvalue weighted by Crippen LogP contribution is 2.28. The molecule has 0 saturated carbocycles. The number of hydrogen-bond donors (Lipinski definition) is 2. The number of anilines is 1. The van der Waals surface area contributed by atoms with Crippen molar-refractivity contribution in [2.45, 2.75) is 24.3 Å². The number of thiazole rings is 1. The Labute approximate surface area is 182 Å². The van der Waals surface area contributed by atoms with E-state index in [1.807, 2.05) is 66.9 Å². The van der Waals surface area contributed by atoms with Gasteiger partial charge in [0.15, 0.2) is 11.0 Å². The lowest BCUT2D eigenvalue weighted by molar-refractivity contribution is -0.115. The number of aromatic nitrogens is 4. The van der Waals surface area contributed by atoms with Crippen LogP contribution in [-0.4, -0.2) is 31.0 Å². The van der Waals surface area contributed by atoms with Gasteiger partial charge in [-0.3, -0.25) is 4.79 Å². The molecule has 0 saturated heterocycles. The van der Waals surface area contributed by atoms with Gasteiger partial charge in [0.05, 0.1) is 10.9 Å². The minimum absolute atomic E-state index is 0.172. The van der Waals surface area contributed by atoms with Gasteiger partial charge in [-0.2, -0.15) is 0 Å². The second kappa shape index (κ2) is 8.68.